The predicted molar refractivity (Wildman–Crippen MR) is 64.6 cm³/mol. The minimum absolute atomic E-state index is 0.0521. The van der Waals surface area contributed by atoms with Gasteiger partial charge in [-0.1, -0.05) is 0 Å². The lowest BCUT2D eigenvalue weighted by Crippen LogP contribution is -2.21. The minimum Gasteiger partial charge on any atom is -0.478 e. The van der Waals surface area contributed by atoms with Crippen molar-refractivity contribution in [3.05, 3.63) is 23.5 Å². The first-order valence-corrected chi connectivity index (χ1v) is 5.17. The molecule has 21 heavy (non-hydrogen) atoms. The van der Waals surface area contributed by atoms with E-state index in [1.165, 1.54) is 6.20 Å². The standard InChI is InChI=1S/C9H10N2O3.C2HF3O2/c1-11(2)7-3-4-10-6(5-12)8(7)9(13)14;3-2(4,5)1(6)7/h3-5H,1-2H3,(H,13,14);(H,6,7). The highest BCUT2D eigenvalue weighted by Gasteiger charge is 2.38. The van der Waals surface area contributed by atoms with Crippen molar-refractivity contribution in [2.45, 2.75) is 6.18 Å². The monoisotopic (exact) mass is 308 g/mol. The van der Waals surface area contributed by atoms with Gasteiger partial charge in [0.05, 0.1) is 5.69 Å². The third-order valence-electron chi connectivity index (χ3n) is 2.01. The molecule has 10 heteroatoms. The highest BCUT2D eigenvalue weighted by molar-refractivity contribution is 6.01. The molecule has 1 aromatic heterocycles. The first kappa shape index (κ1) is 18.4. The van der Waals surface area contributed by atoms with Crippen molar-refractivity contribution in [2.24, 2.45) is 0 Å². The summed E-state index contributed by atoms with van der Waals surface area (Å²) in [7, 11) is 3.41. The van der Waals surface area contributed by atoms with Crippen LogP contribution in [-0.2, 0) is 4.79 Å². The van der Waals surface area contributed by atoms with E-state index in [4.69, 9.17) is 15.0 Å². The fourth-order valence-corrected chi connectivity index (χ4v) is 1.15. The number of nitrogens with zero attached hydrogens (tertiary/aromatic N) is 2. The van der Waals surface area contributed by atoms with Gasteiger partial charge in [-0.25, -0.2) is 9.59 Å². The van der Waals surface area contributed by atoms with Crippen LogP contribution in [-0.4, -0.2) is 53.7 Å². The molecule has 2 N–H and O–H groups in total. The first-order valence-electron chi connectivity index (χ1n) is 5.17. The van der Waals surface area contributed by atoms with Gasteiger partial charge in [0.2, 0.25) is 0 Å². The lowest BCUT2D eigenvalue weighted by Gasteiger charge is -2.15. The number of carboxylic acid groups (broad SMARTS) is 2. The number of anilines is 1. The van der Waals surface area contributed by atoms with E-state index in [0.29, 0.717) is 12.0 Å². The first-order chi connectivity index (χ1) is 9.52. The average Bonchev–Trinajstić information content (AvgIpc) is 2.36. The van der Waals surface area contributed by atoms with Gasteiger partial charge >= 0.3 is 18.1 Å². The summed E-state index contributed by atoms with van der Waals surface area (Å²) in [6.45, 7) is 0. The number of rotatable bonds is 3. The Morgan fingerprint density at radius 3 is 2.05 bits per heavy atom. The normalized spacial score (nSPS) is 10.1. The van der Waals surface area contributed by atoms with Crippen molar-refractivity contribution in [1.29, 1.82) is 0 Å². The Balaban J connectivity index is 0.000000486. The number of aliphatic carboxylic acids is 1. The van der Waals surface area contributed by atoms with Crippen LogP contribution in [0.4, 0.5) is 18.9 Å². The maximum Gasteiger partial charge on any atom is 0.490 e. The van der Waals surface area contributed by atoms with E-state index in [1.807, 2.05) is 0 Å². The van der Waals surface area contributed by atoms with Crippen LogP contribution in [0, 0.1) is 0 Å². The summed E-state index contributed by atoms with van der Waals surface area (Å²) in [6, 6.07) is 1.55. The Morgan fingerprint density at radius 1 is 1.29 bits per heavy atom. The van der Waals surface area contributed by atoms with E-state index in [2.05, 4.69) is 4.98 Å². The molecule has 0 atom stereocenters. The van der Waals surface area contributed by atoms with Gasteiger partial charge in [-0.05, 0) is 6.07 Å². The van der Waals surface area contributed by atoms with Crippen molar-refractivity contribution < 1.29 is 37.8 Å². The molecular weight excluding hydrogens is 297 g/mol. The molecule has 7 nitrogen and oxygen atoms in total. The second kappa shape index (κ2) is 7.22. The van der Waals surface area contributed by atoms with Crippen molar-refractivity contribution in [3.63, 3.8) is 0 Å². The van der Waals surface area contributed by atoms with Crippen LogP contribution in [0.1, 0.15) is 20.8 Å². The highest BCUT2D eigenvalue weighted by atomic mass is 19.4. The summed E-state index contributed by atoms with van der Waals surface area (Å²) in [6.07, 6.45) is -3.23. The Labute approximate surface area is 116 Å². The number of carbonyl (C=O) groups is 3. The summed E-state index contributed by atoms with van der Waals surface area (Å²) >= 11 is 0. The van der Waals surface area contributed by atoms with Gasteiger partial charge in [-0.15, -0.1) is 0 Å². The molecule has 1 heterocycles. The van der Waals surface area contributed by atoms with Gasteiger partial charge in [0.15, 0.2) is 6.29 Å². The molecule has 0 aliphatic carbocycles. The molecule has 0 aromatic carbocycles. The number of aromatic carboxylic acids is 1. The fourth-order valence-electron chi connectivity index (χ4n) is 1.15. The molecule has 0 aliphatic rings. The Bertz CT molecular complexity index is 543. The van der Waals surface area contributed by atoms with Crippen LogP contribution >= 0.6 is 0 Å². The molecule has 0 spiro atoms. The van der Waals surface area contributed by atoms with Gasteiger partial charge in [0, 0.05) is 20.3 Å². The zero-order valence-corrected chi connectivity index (χ0v) is 10.9. The third kappa shape index (κ3) is 5.47. The number of hydrogen-bond acceptors (Lipinski definition) is 5. The van der Waals surface area contributed by atoms with Crippen LogP contribution < -0.4 is 4.90 Å². The molecular formula is C11H11F3N2O5. The number of halogens is 3. The van der Waals surface area contributed by atoms with Crippen LogP contribution in [0.5, 0.6) is 0 Å². The molecule has 0 aliphatic heterocycles. The van der Waals surface area contributed by atoms with Crippen molar-refractivity contribution in [1.82, 2.24) is 4.98 Å². The number of pyridine rings is 1. The molecule has 0 fully saturated rings. The number of aldehydes is 1. The van der Waals surface area contributed by atoms with Gasteiger partial charge in [-0.2, -0.15) is 13.2 Å². The number of alkyl halides is 3. The highest BCUT2D eigenvalue weighted by Crippen LogP contribution is 2.19. The zero-order chi connectivity index (χ0) is 16.8. The van der Waals surface area contributed by atoms with Crippen LogP contribution in [0.25, 0.3) is 0 Å². The molecule has 116 valence electrons. The quantitative estimate of drug-likeness (QED) is 0.810. The molecule has 0 radical (unpaired) electrons. The van der Waals surface area contributed by atoms with E-state index in [1.54, 1.807) is 25.1 Å². The average molecular weight is 308 g/mol. The van der Waals surface area contributed by atoms with Crippen LogP contribution in [0.15, 0.2) is 12.3 Å². The second-order valence-corrected chi connectivity index (χ2v) is 3.71. The number of hydrogen-bond donors (Lipinski definition) is 2. The zero-order valence-electron chi connectivity index (χ0n) is 10.9. The van der Waals surface area contributed by atoms with Crippen LogP contribution in [0.3, 0.4) is 0 Å². The molecule has 0 saturated heterocycles. The van der Waals surface area contributed by atoms with E-state index in [-0.39, 0.29) is 11.3 Å². The molecule has 1 rings (SSSR count). The second-order valence-electron chi connectivity index (χ2n) is 3.71. The molecule has 0 bridgehead atoms. The maximum atomic E-state index is 10.9. The number of aromatic nitrogens is 1. The van der Waals surface area contributed by atoms with Gasteiger partial charge < -0.3 is 15.1 Å². The van der Waals surface area contributed by atoms with Crippen molar-refractivity contribution in [2.75, 3.05) is 19.0 Å². The number of carboxylic acids is 2. The van der Waals surface area contributed by atoms with Crippen LogP contribution in [0.2, 0.25) is 0 Å². The SMILES string of the molecule is CN(C)c1ccnc(C=O)c1C(=O)O.O=C(O)C(F)(F)F. The van der Waals surface area contributed by atoms with E-state index in [0.717, 1.165) is 0 Å². The summed E-state index contributed by atoms with van der Waals surface area (Å²) < 4.78 is 31.7. The van der Waals surface area contributed by atoms with Gasteiger partial charge in [0.1, 0.15) is 11.3 Å². The van der Waals surface area contributed by atoms with Crippen molar-refractivity contribution in [3.8, 4) is 0 Å². The summed E-state index contributed by atoms with van der Waals surface area (Å²) in [5.41, 5.74) is 0.353. The van der Waals surface area contributed by atoms with Crippen molar-refractivity contribution >= 4 is 23.9 Å². The third-order valence-corrected chi connectivity index (χ3v) is 2.01. The summed E-state index contributed by atoms with van der Waals surface area (Å²) in [5.74, 6) is -3.91. The Kier molecular flexibility index (Phi) is 6.31. The van der Waals surface area contributed by atoms with E-state index in [9.17, 15) is 22.8 Å². The maximum absolute atomic E-state index is 10.9. The molecule has 0 saturated carbocycles. The largest absolute Gasteiger partial charge is 0.490 e. The summed E-state index contributed by atoms with van der Waals surface area (Å²) in [5, 5.41) is 16.0. The topological polar surface area (TPSA) is 108 Å². The number of carbonyl (C=O) groups excluding carboxylic acids is 1. The molecule has 1 aromatic rings. The Morgan fingerprint density at radius 2 is 1.76 bits per heavy atom. The molecule has 0 amide bonds. The van der Waals surface area contributed by atoms with Gasteiger partial charge in [-0.3, -0.25) is 9.78 Å². The molecule has 0 unspecified atom stereocenters. The lowest BCUT2D eigenvalue weighted by atomic mass is 10.1. The fraction of sp³-hybridized carbons (Fsp3) is 0.273. The van der Waals surface area contributed by atoms with E-state index < -0.39 is 18.1 Å². The van der Waals surface area contributed by atoms with E-state index >= 15 is 0 Å². The van der Waals surface area contributed by atoms with Gasteiger partial charge in [0.25, 0.3) is 0 Å². The predicted octanol–water partition coefficient (Wildman–Crippen LogP) is 1.29. The minimum atomic E-state index is -5.08. The lowest BCUT2D eigenvalue weighted by molar-refractivity contribution is -0.192. The summed E-state index contributed by atoms with van der Waals surface area (Å²) in [4.78, 5) is 35.6. The smallest absolute Gasteiger partial charge is 0.478 e. The Hall–Kier alpha value is -2.65.